The molecule has 0 bridgehead atoms. The van der Waals surface area contributed by atoms with E-state index in [2.05, 4.69) is 0 Å². The molecule has 1 aliphatic heterocycles. The van der Waals surface area contributed by atoms with Crippen molar-refractivity contribution >= 4 is 6.09 Å². The van der Waals surface area contributed by atoms with Crippen LogP contribution in [0.3, 0.4) is 0 Å². The zero-order valence-corrected chi connectivity index (χ0v) is 5.11. The van der Waals surface area contributed by atoms with Crippen LogP contribution in [-0.2, 0) is 0 Å². The Morgan fingerprint density at radius 3 is 2.44 bits per heavy atom. The molecule has 1 saturated heterocycles. The van der Waals surface area contributed by atoms with Gasteiger partial charge in [0.15, 0.2) is 0 Å². The fraction of sp³-hybridized carbons (Fsp3) is 0.800. The molecule has 0 aromatic rings. The Kier molecular flexibility index (Phi) is 1.32. The second-order valence-electron chi connectivity index (χ2n) is 2.24. The zero-order valence-electron chi connectivity index (χ0n) is 5.11. The van der Waals surface area contributed by atoms with Gasteiger partial charge >= 0.3 is 6.09 Å². The number of amides is 1. The molecule has 0 aliphatic carbocycles. The fourth-order valence-electron chi connectivity index (χ4n) is 0.842. The van der Waals surface area contributed by atoms with Gasteiger partial charge in [0.2, 0.25) is 0 Å². The number of aliphatic hydroxyl groups is 1. The molecular weight excluding hydrogens is 122 g/mol. The molecule has 1 rings (SSSR count). The fourth-order valence-corrected chi connectivity index (χ4v) is 0.842. The summed E-state index contributed by atoms with van der Waals surface area (Å²) in [6, 6.07) is -0.220. The van der Waals surface area contributed by atoms with Gasteiger partial charge in [-0.25, -0.2) is 4.79 Å². The van der Waals surface area contributed by atoms with Gasteiger partial charge in [-0.05, 0) is 6.92 Å². The molecule has 0 saturated carbocycles. The summed E-state index contributed by atoms with van der Waals surface area (Å²) in [7, 11) is 0. The first-order valence-corrected chi connectivity index (χ1v) is 2.80. The van der Waals surface area contributed by atoms with Gasteiger partial charge in [0.05, 0.1) is 18.7 Å². The highest BCUT2D eigenvalue weighted by Crippen LogP contribution is 2.16. The third-order valence-corrected chi connectivity index (χ3v) is 1.68. The summed E-state index contributed by atoms with van der Waals surface area (Å²) in [6.45, 7) is 1.94. The zero-order chi connectivity index (χ0) is 7.02. The predicted octanol–water partition coefficient (Wildman–Crippen LogP) is -0.271. The minimum atomic E-state index is -0.951. The lowest BCUT2D eigenvalue weighted by atomic mass is 10.0. The SMILES string of the molecule is C[C@@H]1C(O)CN1C(=O)O. The lowest BCUT2D eigenvalue weighted by Crippen LogP contribution is -2.60. The smallest absolute Gasteiger partial charge is 0.407 e. The average molecular weight is 131 g/mol. The molecule has 1 heterocycles. The van der Waals surface area contributed by atoms with E-state index in [0.29, 0.717) is 0 Å². The van der Waals surface area contributed by atoms with Gasteiger partial charge in [-0.3, -0.25) is 0 Å². The Labute approximate surface area is 52.7 Å². The van der Waals surface area contributed by atoms with Crippen molar-refractivity contribution in [1.82, 2.24) is 4.90 Å². The number of likely N-dealkylation sites (tertiary alicyclic amines) is 1. The molecule has 1 amide bonds. The Bertz CT molecular complexity index is 136. The molecule has 9 heavy (non-hydrogen) atoms. The Hall–Kier alpha value is -0.770. The van der Waals surface area contributed by atoms with Gasteiger partial charge in [0.1, 0.15) is 0 Å². The maximum absolute atomic E-state index is 10.2. The molecule has 2 atom stereocenters. The van der Waals surface area contributed by atoms with Gasteiger partial charge < -0.3 is 15.1 Å². The molecule has 0 spiro atoms. The Morgan fingerprint density at radius 1 is 1.78 bits per heavy atom. The lowest BCUT2D eigenvalue weighted by molar-refractivity contribution is -0.0376. The predicted molar refractivity (Wildman–Crippen MR) is 30.2 cm³/mol. The van der Waals surface area contributed by atoms with Crippen LogP contribution in [0.5, 0.6) is 0 Å². The standard InChI is InChI=1S/C5H9NO3/c1-3-4(7)2-6(3)5(8)9/h3-4,7H,2H2,1H3,(H,8,9)/t3-,4?/m1/s1. The molecular formula is C5H9NO3. The maximum atomic E-state index is 10.2. The lowest BCUT2D eigenvalue weighted by Gasteiger charge is -2.40. The highest BCUT2D eigenvalue weighted by molar-refractivity contribution is 5.66. The first-order valence-electron chi connectivity index (χ1n) is 2.80. The van der Waals surface area contributed by atoms with Crippen molar-refractivity contribution in [2.45, 2.75) is 19.1 Å². The average Bonchev–Trinajstić information content (AvgIpc) is 1.81. The van der Waals surface area contributed by atoms with Crippen molar-refractivity contribution < 1.29 is 15.0 Å². The molecule has 4 heteroatoms. The monoisotopic (exact) mass is 131 g/mol. The summed E-state index contributed by atoms with van der Waals surface area (Å²) in [4.78, 5) is 11.4. The van der Waals surface area contributed by atoms with E-state index in [4.69, 9.17) is 10.2 Å². The largest absolute Gasteiger partial charge is 0.465 e. The van der Waals surface area contributed by atoms with Crippen LogP contribution in [-0.4, -0.2) is 39.9 Å². The quantitative estimate of drug-likeness (QED) is 0.475. The van der Waals surface area contributed by atoms with Crippen molar-refractivity contribution in [2.24, 2.45) is 0 Å². The van der Waals surface area contributed by atoms with Gasteiger partial charge in [-0.2, -0.15) is 0 Å². The van der Waals surface area contributed by atoms with E-state index in [1.165, 1.54) is 4.90 Å². The summed E-state index contributed by atoms with van der Waals surface area (Å²) in [6.07, 6.45) is -1.41. The number of β-amino-alcohol motifs (C(OH)–C–C–N with tert-alkyl or cyclic N) is 1. The van der Waals surface area contributed by atoms with Gasteiger partial charge in [0.25, 0.3) is 0 Å². The van der Waals surface area contributed by atoms with Crippen LogP contribution in [0.4, 0.5) is 4.79 Å². The molecule has 1 aliphatic rings. The van der Waals surface area contributed by atoms with Crippen LogP contribution in [0.2, 0.25) is 0 Å². The van der Waals surface area contributed by atoms with E-state index in [1.807, 2.05) is 0 Å². The number of rotatable bonds is 0. The van der Waals surface area contributed by atoms with Crippen molar-refractivity contribution in [1.29, 1.82) is 0 Å². The molecule has 0 aromatic heterocycles. The number of hydrogen-bond donors (Lipinski definition) is 2. The molecule has 0 aromatic carbocycles. The molecule has 4 nitrogen and oxygen atoms in total. The maximum Gasteiger partial charge on any atom is 0.407 e. The van der Waals surface area contributed by atoms with Crippen molar-refractivity contribution in [3.05, 3.63) is 0 Å². The number of carbonyl (C=O) groups is 1. The van der Waals surface area contributed by atoms with E-state index >= 15 is 0 Å². The van der Waals surface area contributed by atoms with Crippen molar-refractivity contribution in [3.8, 4) is 0 Å². The van der Waals surface area contributed by atoms with Crippen molar-refractivity contribution in [2.75, 3.05) is 6.54 Å². The summed E-state index contributed by atoms with van der Waals surface area (Å²) in [5.74, 6) is 0. The van der Waals surface area contributed by atoms with Crippen LogP contribution in [0.1, 0.15) is 6.92 Å². The van der Waals surface area contributed by atoms with E-state index in [9.17, 15) is 4.79 Å². The molecule has 2 N–H and O–H groups in total. The summed E-state index contributed by atoms with van der Waals surface area (Å²) in [5, 5.41) is 17.2. The highest BCUT2D eigenvalue weighted by Gasteiger charge is 2.36. The Balaban J connectivity index is 2.42. The van der Waals surface area contributed by atoms with E-state index in [1.54, 1.807) is 6.92 Å². The molecule has 1 unspecified atom stereocenters. The Morgan fingerprint density at radius 2 is 2.33 bits per heavy atom. The topological polar surface area (TPSA) is 60.8 Å². The van der Waals surface area contributed by atoms with Crippen LogP contribution in [0.15, 0.2) is 0 Å². The number of carboxylic acid groups (broad SMARTS) is 1. The third-order valence-electron chi connectivity index (χ3n) is 1.68. The van der Waals surface area contributed by atoms with Crippen LogP contribution in [0, 0.1) is 0 Å². The van der Waals surface area contributed by atoms with Gasteiger partial charge in [-0.1, -0.05) is 0 Å². The van der Waals surface area contributed by atoms with E-state index < -0.39 is 12.2 Å². The van der Waals surface area contributed by atoms with Gasteiger partial charge in [0, 0.05) is 0 Å². The number of aliphatic hydroxyl groups excluding tert-OH is 1. The second-order valence-corrected chi connectivity index (χ2v) is 2.24. The summed E-state index contributed by atoms with van der Waals surface area (Å²) in [5.41, 5.74) is 0. The number of nitrogens with zero attached hydrogens (tertiary/aromatic N) is 1. The van der Waals surface area contributed by atoms with Crippen LogP contribution >= 0.6 is 0 Å². The highest BCUT2D eigenvalue weighted by atomic mass is 16.4. The van der Waals surface area contributed by atoms with E-state index in [-0.39, 0.29) is 12.6 Å². The minimum Gasteiger partial charge on any atom is -0.465 e. The molecule has 0 radical (unpaired) electrons. The third kappa shape index (κ3) is 0.853. The molecule has 52 valence electrons. The summed E-state index contributed by atoms with van der Waals surface area (Å²) < 4.78 is 0. The molecule has 1 fully saturated rings. The van der Waals surface area contributed by atoms with Gasteiger partial charge in [-0.15, -0.1) is 0 Å². The summed E-state index contributed by atoms with van der Waals surface area (Å²) >= 11 is 0. The van der Waals surface area contributed by atoms with Crippen LogP contribution in [0.25, 0.3) is 0 Å². The number of hydrogen-bond acceptors (Lipinski definition) is 2. The second kappa shape index (κ2) is 1.88. The van der Waals surface area contributed by atoms with Crippen molar-refractivity contribution in [3.63, 3.8) is 0 Å². The minimum absolute atomic E-state index is 0.220. The normalized spacial score (nSPS) is 33.8. The first kappa shape index (κ1) is 6.35. The van der Waals surface area contributed by atoms with Crippen LogP contribution < -0.4 is 0 Å². The first-order chi connectivity index (χ1) is 4.13. The van der Waals surface area contributed by atoms with E-state index in [0.717, 1.165) is 0 Å².